The maximum atomic E-state index is 12.2. The van der Waals surface area contributed by atoms with Gasteiger partial charge in [-0.05, 0) is 61.7 Å². The van der Waals surface area contributed by atoms with E-state index in [0.717, 1.165) is 23.2 Å². The molecular weight excluding hydrogens is 434 g/mol. The largest absolute Gasteiger partial charge is 0.454 e. The van der Waals surface area contributed by atoms with Crippen LogP contribution in [-0.4, -0.2) is 43.4 Å². The van der Waals surface area contributed by atoms with Crippen molar-refractivity contribution in [3.63, 3.8) is 0 Å². The molecule has 0 aliphatic carbocycles. The van der Waals surface area contributed by atoms with Gasteiger partial charge in [0, 0.05) is 24.2 Å². The van der Waals surface area contributed by atoms with Crippen LogP contribution in [0, 0.1) is 13.8 Å². The molecule has 1 fully saturated rings. The molecular formula is C23H24ClN3O5. The smallest absolute Gasteiger partial charge is 0.325 e. The molecule has 32 heavy (non-hydrogen) atoms. The van der Waals surface area contributed by atoms with Crippen LogP contribution in [0.4, 0.5) is 11.4 Å². The van der Waals surface area contributed by atoms with Gasteiger partial charge in [0.2, 0.25) is 5.91 Å². The molecule has 9 heteroatoms. The summed E-state index contributed by atoms with van der Waals surface area (Å²) in [4.78, 5) is 49.7. The van der Waals surface area contributed by atoms with Gasteiger partial charge in [0.15, 0.2) is 6.61 Å². The molecule has 2 aromatic rings. The average Bonchev–Trinajstić information content (AvgIpc) is 3.19. The summed E-state index contributed by atoms with van der Waals surface area (Å²) in [5.74, 6) is -1.69. The summed E-state index contributed by atoms with van der Waals surface area (Å²) < 4.78 is 4.91. The maximum Gasteiger partial charge on any atom is 0.325 e. The van der Waals surface area contributed by atoms with E-state index in [1.807, 2.05) is 19.9 Å². The van der Waals surface area contributed by atoms with Gasteiger partial charge in [0.05, 0.1) is 10.7 Å². The zero-order valence-corrected chi connectivity index (χ0v) is 18.6. The Morgan fingerprint density at radius 1 is 1.12 bits per heavy atom. The standard InChI is InChI=1S/C23H24ClN3O5/c1-14-10-15(2)22(18(24)11-14)26-19(28)13-32-21(30)12-25-23(31)16-5-7-17(8-6-16)27-9-3-4-20(27)29/h5-8,10-11H,3-4,9,12-13H2,1-2H3,(H,25,31)(H,26,28). The highest BCUT2D eigenvalue weighted by Crippen LogP contribution is 2.27. The molecule has 0 spiro atoms. The van der Waals surface area contributed by atoms with Crippen molar-refractivity contribution in [3.8, 4) is 0 Å². The van der Waals surface area contributed by atoms with Crippen molar-refractivity contribution in [2.24, 2.45) is 0 Å². The summed E-state index contributed by atoms with van der Waals surface area (Å²) >= 11 is 6.15. The van der Waals surface area contributed by atoms with Gasteiger partial charge in [-0.1, -0.05) is 17.7 Å². The van der Waals surface area contributed by atoms with Crippen LogP contribution >= 0.6 is 11.6 Å². The van der Waals surface area contributed by atoms with Crippen molar-refractivity contribution < 1.29 is 23.9 Å². The van der Waals surface area contributed by atoms with Gasteiger partial charge in [-0.2, -0.15) is 0 Å². The van der Waals surface area contributed by atoms with Crippen molar-refractivity contribution in [2.75, 3.05) is 29.9 Å². The summed E-state index contributed by atoms with van der Waals surface area (Å²) in [7, 11) is 0. The first-order valence-electron chi connectivity index (χ1n) is 10.2. The van der Waals surface area contributed by atoms with E-state index >= 15 is 0 Å². The average molecular weight is 458 g/mol. The molecule has 2 N–H and O–H groups in total. The number of hydrogen-bond donors (Lipinski definition) is 2. The fourth-order valence-corrected chi connectivity index (χ4v) is 3.78. The van der Waals surface area contributed by atoms with Gasteiger partial charge in [-0.15, -0.1) is 0 Å². The van der Waals surface area contributed by atoms with Crippen molar-refractivity contribution in [1.29, 1.82) is 0 Å². The molecule has 1 heterocycles. The lowest BCUT2D eigenvalue weighted by Gasteiger charge is -2.15. The van der Waals surface area contributed by atoms with Crippen molar-refractivity contribution in [2.45, 2.75) is 26.7 Å². The van der Waals surface area contributed by atoms with E-state index in [-0.39, 0.29) is 12.5 Å². The lowest BCUT2D eigenvalue weighted by Crippen LogP contribution is -2.32. The van der Waals surface area contributed by atoms with E-state index < -0.39 is 24.4 Å². The molecule has 0 unspecified atom stereocenters. The van der Waals surface area contributed by atoms with Gasteiger partial charge in [0.1, 0.15) is 6.54 Å². The quantitative estimate of drug-likeness (QED) is 0.622. The van der Waals surface area contributed by atoms with Crippen LogP contribution in [0.3, 0.4) is 0 Å². The number of amides is 3. The van der Waals surface area contributed by atoms with Crippen LogP contribution in [0.15, 0.2) is 36.4 Å². The van der Waals surface area contributed by atoms with Crippen LogP contribution in [0.5, 0.6) is 0 Å². The minimum absolute atomic E-state index is 0.0637. The van der Waals surface area contributed by atoms with Crippen molar-refractivity contribution in [3.05, 3.63) is 58.1 Å². The van der Waals surface area contributed by atoms with Crippen LogP contribution < -0.4 is 15.5 Å². The number of benzene rings is 2. The van der Waals surface area contributed by atoms with Gasteiger partial charge in [-0.3, -0.25) is 19.2 Å². The molecule has 0 radical (unpaired) electrons. The Morgan fingerprint density at radius 2 is 1.84 bits per heavy atom. The van der Waals surface area contributed by atoms with E-state index in [0.29, 0.717) is 29.2 Å². The number of carbonyl (C=O) groups is 4. The zero-order valence-electron chi connectivity index (χ0n) is 17.9. The molecule has 168 valence electrons. The first-order valence-corrected chi connectivity index (χ1v) is 10.5. The van der Waals surface area contributed by atoms with Crippen LogP contribution in [0.25, 0.3) is 0 Å². The predicted molar refractivity (Wildman–Crippen MR) is 121 cm³/mol. The SMILES string of the molecule is Cc1cc(C)c(NC(=O)COC(=O)CNC(=O)c2ccc(N3CCCC3=O)cc2)c(Cl)c1. The Morgan fingerprint density at radius 3 is 2.47 bits per heavy atom. The molecule has 1 saturated heterocycles. The van der Waals surface area contributed by atoms with E-state index in [9.17, 15) is 19.2 Å². The highest BCUT2D eigenvalue weighted by molar-refractivity contribution is 6.34. The van der Waals surface area contributed by atoms with Gasteiger partial charge in [-0.25, -0.2) is 0 Å². The number of halogens is 1. The third-order valence-electron chi connectivity index (χ3n) is 4.97. The minimum atomic E-state index is -0.750. The molecule has 1 aliphatic rings. The minimum Gasteiger partial charge on any atom is -0.454 e. The molecule has 3 rings (SSSR count). The molecule has 8 nitrogen and oxygen atoms in total. The van der Waals surface area contributed by atoms with Crippen LogP contribution in [0.2, 0.25) is 5.02 Å². The number of aryl methyl sites for hydroxylation is 2. The molecule has 2 aromatic carbocycles. The number of nitrogens with one attached hydrogen (secondary N) is 2. The fraction of sp³-hybridized carbons (Fsp3) is 0.304. The lowest BCUT2D eigenvalue weighted by atomic mass is 10.1. The monoisotopic (exact) mass is 457 g/mol. The predicted octanol–water partition coefficient (Wildman–Crippen LogP) is 3.00. The van der Waals surface area contributed by atoms with E-state index in [4.69, 9.17) is 16.3 Å². The first-order chi connectivity index (χ1) is 15.2. The second-order valence-corrected chi connectivity index (χ2v) is 7.93. The number of ether oxygens (including phenoxy) is 1. The number of rotatable bonds is 7. The molecule has 0 saturated carbocycles. The Hall–Kier alpha value is -3.39. The third kappa shape index (κ3) is 5.85. The number of anilines is 2. The van der Waals surface area contributed by atoms with Crippen molar-refractivity contribution in [1.82, 2.24) is 5.32 Å². The Balaban J connectivity index is 1.44. The van der Waals surface area contributed by atoms with Gasteiger partial charge >= 0.3 is 5.97 Å². The molecule has 1 aliphatic heterocycles. The van der Waals surface area contributed by atoms with E-state index in [2.05, 4.69) is 10.6 Å². The summed E-state index contributed by atoms with van der Waals surface area (Å²) in [6.07, 6.45) is 1.35. The summed E-state index contributed by atoms with van der Waals surface area (Å²) in [6, 6.07) is 10.2. The molecule has 0 atom stereocenters. The molecule has 3 amide bonds. The summed E-state index contributed by atoms with van der Waals surface area (Å²) in [6.45, 7) is 3.48. The van der Waals surface area contributed by atoms with Gasteiger partial charge < -0.3 is 20.3 Å². The topological polar surface area (TPSA) is 105 Å². The fourth-order valence-electron chi connectivity index (χ4n) is 3.42. The molecule has 0 aromatic heterocycles. The first kappa shape index (κ1) is 23.3. The maximum absolute atomic E-state index is 12.2. The highest BCUT2D eigenvalue weighted by atomic mass is 35.5. The zero-order chi connectivity index (χ0) is 23.3. The normalized spacial score (nSPS) is 13.1. The number of carbonyl (C=O) groups excluding carboxylic acids is 4. The Kier molecular flexibility index (Phi) is 7.48. The van der Waals surface area contributed by atoms with Gasteiger partial charge in [0.25, 0.3) is 11.8 Å². The van der Waals surface area contributed by atoms with Crippen molar-refractivity contribution >= 4 is 46.7 Å². The number of esters is 1. The van der Waals surface area contributed by atoms with E-state index in [1.165, 1.54) is 0 Å². The molecule has 0 bridgehead atoms. The Bertz CT molecular complexity index is 1030. The second kappa shape index (κ2) is 10.3. The van der Waals surface area contributed by atoms with Crippen LogP contribution in [0.1, 0.15) is 34.3 Å². The number of hydrogen-bond acceptors (Lipinski definition) is 5. The summed E-state index contributed by atoms with van der Waals surface area (Å²) in [5.41, 5.74) is 3.30. The third-order valence-corrected chi connectivity index (χ3v) is 5.27. The second-order valence-electron chi connectivity index (χ2n) is 7.53. The highest BCUT2D eigenvalue weighted by Gasteiger charge is 2.21. The number of nitrogens with zero attached hydrogens (tertiary/aromatic N) is 1. The Labute approximate surface area is 190 Å². The summed E-state index contributed by atoms with van der Waals surface area (Å²) in [5, 5.41) is 5.47. The van der Waals surface area contributed by atoms with E-state index in [1.54, 1.807) is 35.2 Å². The van der Waals surface area contributed by atoms with Crippen LogP contribution in [-0.2, 0) is 19.1 Å². The lowest BCUT2D eigenvalue weighted by molar-refractivity contribution is -0.146.